The van der Waals surface area contributed by atoms with Gasteiger partial charge in [0, 0.05) is 44.5 Å². The van der Waals surface area contributed by atoms with Crippen LogP contribution in [0.15, 0.2) is 48.7 Å². The van der Waals surface area contributed by atoms with E-state index in [0.717, 1.165) is 25.3 Å². The Morgan fingerprint density at radius 3 is 2.60 bits per heavy atom. The normalized spacial score (nSPS) is 15.4. The van der Waals surface area contributed by atoms with Crippen molar-refractivity contribution in [3.8, 4) is 5.75 Å². The van der Waals surface area contributed by atoms with Crippen LogP contribution in [0.5, 0.6) is 5.75 Å². The second kappa shape index (κ2) is 8.02. The van der Waals surface area contributed by atoms with E-state index in [9.17, 15) is 13.6 Å². The van der Waals surface area contributed by atoms with Crippen molar-refractivity contribution in [2.24, 2.45) is 0 Å². The molecule has 0 bridgehead atoms. The van der Waals surface area contributed by atoms with E-state index < -0.39 is 6.61 Å². The van der Waals surface area contributed by atoms with E-state index in [-0.39, 0.29) is 11.7 Å². The molecule has 0 atom stereocenters. The highest BCUT2D eigenvalue weighted by Gasteiger charge is 2.22. The number of hydrogen-bond acceptors (Lipinski definition) is 4. The molecule has 2 heterocycles. The minimum absolute atomic E-state index is 0.00496. The number of halogens is 2. The third-order valence-electron chi connectivity index (χ3n) is 4.08. The summed E-state index contributed by atoms with van der Waals surface area (Å²) < 4.78 is 29.0. The highest BCUT2D eigenvalue weighted by molar-refractivity contribution is 5.94. The lowest BCUT2D eigenvalue weighted by molar-refractivity contribution is -0.0499. The fourth-order valence-electron chi connectivity index (χ4n) is 2.82. The number of carbonyl (C=O) groups excluding carboxylic acids is 1. The minimum atomic E-state index is -2.90. The van der Waals surface area contributed by atoms with Crippen LogP contribution in [0.3, 0.4) is 0 Å². The van der Waals surface area contributed by atoms with Gasteiger partial charge in [0.1, 0.15) is 5.75 Å². The second-order valence-electron chi connectivity index (χ2n) is 5.80. The van der Waals surface area contributed by atoms with Gasteiger partial charge in [-0.3, -0.25) is 14.7 Å². The van der Waals surface area contributed by atoms with Gasteiger partial charge in [-0.25, -0.2) is 0 Å². The third-order valence-corrected chi connectivity index (χ3v) is 4.08. The molecule has 0 aliphatic carbocycles. The van der Waals surface area contributed by atoms with E-state index in [1.54, 1.807) is 23.2 Å². The van der Waals surface area contributed by atoms with Crippen LogP contribution in [0.4, 0.5) is 8.78 Å². The Hall–Kier alpha value is -2.54. The smallest absolute Gasteiger partial charge is 0.387 e. The monoisotopic (exact) mass is 347 g/mol. The van der Waals surface area contributed by atoms with Gasteiger partial charge in [-0.05, 0) is 30.3 Å². The summed E-state index contributed by atoms with van der Waals surface area (Å²) in [5, 5.41) is 0. The number of carbonyl (C=O) groups is 1. The van der Waals surface area contributed by atoms with Crippen LogP contribution in [-0.4, -0.2) is 53.5 Å². The van der Waals surface area contributed by atoms with Gasteiger partial charge >= 0.3 is 6.61 Å². The second-order valence-corrected chi connectivity index (χ2v) is 5.80. The molecule has 25 heavy (non-hydrogen) atoms. The standard InChI is InChI=1S/C18H19F2N3O2/c19-18(20)25-16-6-3-4-14(12-16)17(24)23-10-8-22(9-11-23)13-15-5-1-2-7-21-15/h1-7,12,18H,8-11,13H2. The topological polar surface area (TPSA) is 45.7 Å². The molecule has 1 aliphatic rings. The molecule has 1 aliphatic heterocycles. The summed E-state index contributed by atoms with van der Waals surface area (Å²) in [7, 11) is 0. The van der Waals surface area contributed by atoms with Gasteiger partial charge < -0.3 is 9.64 Å². The van der Waals surface area contributed by atoms with Gasteiger partial charge in [0.15, 0.2) is 0 Å². The van der Waals surface area contributed by atoms with Gasteiger partial charge in [0.25, 0.3) is 5.91 Å². The van der Waals surface area contributed by atoms with Crippen LogP contribution in [-0.2, 0) is 6.54 Å². The van der Waals surface area contributed by atoms with Crippen molar-refractivity contribution in [2.75, 3.05) is 26.2 Å². The van der Waals surface area contributed by atoms with Crippen LogP contribution in [0.25, 0.3) is 0 Å². The Bertz CT molecular complexity index is 704. The van der Waals surface area contributed by atoms with E-state index in [2.05, 4.69) is 14.6 Å². The minimum Gasteiger partial charge on any atom is -0.435 e. The number of hydrogen-bond donors (Lipinski definition) is 0. The highest BCUT2D eigenvalue weighted by Crippen LogP contribution is 2.18. The Morgan fingerprint density at radius 2 is 1.92 bits per heavy atom. The van der Waals surface area contributed by atoms with Crippen molar-refractivity contribution in [2.45, 2.75) is 13.2 Å². The van der Waals surface area contributed by atoms with Crippen LogP contribution >= 0.6 is 0 Å². The largest absolute Gasteiger partial charge is 0.435 e. The molecular weight excluding hydrogens is 328 g/mol. The van der Waals surface area contributed by atoms with Gasteiger partial charge in [-0.2, -0.15) is 8.78 Å². The van der Waals surface area contributed by atoms with Crippen LogP contribution in [0.1, 0.15) is 16.1 Å². The van der Waals surface area contributed by atoms with Crippen molar-refractivity contribution in [1.82, 2.24) is 14.8 Å². The number of aromatic nitrogens is 1. The zero-order valence-electron chi connectivity index (χ0n) is 13.6. The fourth-order valence-corrected chi connectivity index (χ4v) is 2.82. The summed E-state index contributed by atoms with van der Waals surface area (Å²) in [6, 6.07) is 11.7. The van der Waals surface area contributed by atoms with Crippen molar-refractivity contribution in [3.05, 3.63) is 59.9 Å². The lowest BCUT2D eigenvalue weighted by Gasteiger charge is -2.34. The summed E-state index contributed by atoms with van der Waals surface area (Å²) in [5.41, 5.74) is 1.36. The quantitative estimate of drug-likeness (QED) is 0.834. The van der Waals surface area contributed by atoms with Gasteiger partial charge in [0.2, 0.25) is 0 Å². The molecule has 5 nitrogen and oxygen atoms in total. The molecule has 0 N–H and O–H groups in total. The molecular formula is C18H19F2N3O2. The van der Waals surface area contributed by atoms with Gasteiger partial charge in [-0.1, -0.05) is 12.1 Å². The zero-order valence-corrected chi connectivity index (χ0v) is 13.6. The molecule has 7 heteroatoms. The number of benzene rings is 1. The summed E-state index contributed by atoms with van der Waals surface area (Å²) in [5.74, 6) is -0.174. The molecule has 0 saturated carbocycles. The maximum absolute atomic E-state index is 12.6. The first-order valence-corrected chi connectivity index (χ1v) is 8.08. The maximum atomic E-state index is 12.6. The lowest BCUT2D eigenvalue weighted by Crippen LogP contribution is -2.48. The Morgan fingerprint density at radius 1 is 1.12 bits per heavy atom. The maximum Gasteiger partial charge on any atom is 0.387 e. The van der Waals surface area contributed by atoms with Gasteiger partial charge in [0.05, 0.1) is 5.69 Å². The number of piperazine rings is 1. The summed E-state index contributed by atoms with van der Waals surface area (Å²) >= 11 is 0. The third kappa shape index (κ3) is 4.73. The number of amides is 1. The number of ether oxygens (including phenoxy) is 1. The molecule has 0 unspecified atom stereocenters. The van der Waals surface area contributed by atoms with Crippen LogP contribution < -0.4 is 4.74 Å². The van der Waals surface area contributed by atoms with E-state index in [4.69, 9.17) is 0 Å². The fraction of sp³-hybridized carbons (Fsp3) is 0.333. The average molecular weight is 347 g/mol. The lowest BCUT2D eigenvalue weighted by atomic mass is 10.1. The van der Waals surface area contributed by atoms with E-state index in [1.807, 2.05) is 18.2 Å². The first kappa shape index (κ1) is 17.3. The molecule has 0 radical (unpaired) electrons. The first-order valence-electron chi connectivity index (χ1n) is 8.08. The number of pyridine rings is 1. The molecule has 1 amide bonds. The van der Waals surface area contributed by atoms with Crippen molar-refractivity contribution >= 4 is 5.91 Å². The van der Waals surface area contributed by atoms with Crippen LogP contribution in [0, 0.1) is 0 Å². The SMILES string of the molecule is O=C(c1cccc(OC(F)F)c1)N1CCN(Cc2ccccn2)CC1. The van der Waals surface area contributed by atoms with E-state index in [0.29, 0.717) is 18.7 Å². The van der Waals surface area contributed by atoms with Crippen molar-refractivity contribution in [1.29, 1.82) is 0 Å². The predicted octanol–water partition coefficient (Wildman–Crippen LogP) is 2.64. The highest BCUT2D eigenvalue weighted by atomic mass is 19.3. The van der Waals surface area contributed by atoms with Crippen molar-refractivity contribution in [3.63, 3.8) is 0 Å². The predicted molar refractivity (Wildman–Crippen MR) is 88.5 cm³/mol. The Labute approximate surface area is 144 Å². The molecule has 2 aromatic rings. The molecule has 132 valence electrons. The number of nitrogens with zero attached hydrogens (tertiary/aromatic N) is 3. The number of alkyl halides is 2. The molecule has 1 aromatic carbocycles. The summed E-state index contributed by atoms with van der Waals surface area (Å²) in [4.78, 5) is 20.8. The summed E-state index contributed by atoms with van der Waals surface area (Å²) in [6.07, 6.45) is 1.77. The average Bonchev–Trinajstić information content (AvgIpc) is 2.62. The van der Waals surface area contributed by atoms with Crippen molar-refractivity contribution < 1.29 is 18.3 Å². The molecule has 1 aromatic heterocycles. The van der Waals surface area contributed by atoms with Crippen LogP contribution in [0.2, 0.25) is 0 Å². The molecule has 0 spiro atoms. The number of rotatable bonds is 5. The summed E-state index contributed by atoms with van der Waals surface area (Å²) in [6.45, 7) is 0.517. The zero-order chi connectivity index (χ0) is 17.6. The Kier molecular flexibility index (Phi) is 5.55. The Balaban J connectivity index is 1.56. The first-order chi connectivity index (χ1) is 12.1. The molecule has 1 fully saturated rings. The van der Waals surface area contributed by atoms with E-state index in [1.165, 1.54) is 12.1 Å². The molecule has 3 rings (SSSR count). The van der Waals surface area contributed by atoms with Gasteiger partial charge in [-0.15, -0.1) is 0 Å². The van der Waals surface area contributed by atoms with E-state index >= 15 is 0 Å². The molecule has 1 saturated heterocycles.